The van der Waals surface area contributed by atoms with E-state index >= 15 is 0 Å². The summed E-state index contributed by atoms with van der Waals surface area (Å²) in [7, 11) is 0. The van der Waals surface area contributed by atoms with Gasteiger partial charge in [0.15, 0.2) is 0 Å². The molecule has 0 bridgehead atoms. The number of hydrogen-bond acceptors (Lipinski definition) is 3. The van der Waals surface area contributed by atoms with E-state index in [0.717, 1.165) is 37.0 Å². The molecule has 1 atom stereocenters. The Bertz CT molecular complexity index is 896. The summed E-state index contributed by atoms with van der Waals surface area (Å²) in [5.74, 6) is -0.443. The summed E-state index contributed by atoms with van der Waals surface area (Å²) in [4.78, 5) is 25.2. The Hall–Kier alpha value is -1.66. The average molecular weight is 480 g/mol. The van der Waals surface area contributed by atoms with Crippen LogP contribution in [0.15, 0.2) is 39.3 Å². The van der Waals surface area contributed by atoms with Crippen molar-refractivity contribution in [1.82, 2.24) is 0 Å². The Morgan fingerprint density at radius 2 is 1.81 bits per heavy atom. The molecule has 6 heteroatoms. The first-order valence-electron chi connectivity index (χ1n) is 8.51. The van der Waals surface area contributed by atoms with Crippen molar-refractivity contribution in [1.29, 1.82) is 0 Å². The van der Waals surface area contributed by atoms with E-state index in [1.165, 1.54) is 0 Å². The van der Waals surface area contributed by atoms with E-state index in [9.17, 15) is 9.59 Å². The molecule has 1 aliphatic rings. The molecule has 26 heavy (non-hydrogen) atoms. The van der Waals surface area contributed by atoms with Crippen LogP contribution in [0.5, 0.6) is 0 Å². The zero-order valence-corrected chi connectivity index (χ0v) is 18.1. The van der Waals surface area contributed by atoms with Crippen molar-refractivity contribution >= 4 is 54.9 Å². The fraction of sp³-hybridized carbons (Fsp3) is 0.300. The van der Waals surface area contributed by atoms with E-state index in [0.29, 0.717) is 6.42 Å². The van der Waals surface area contributed by atoms with Crippen molar-refractivity contribution in [2.45, 2.75) is 39.5 Å². The van der Waals surface area contributed by atoms with Crippen molar-refractivity contribution < 1.29 is 9.59 Å². The van der Waals surface area contributed by atoms with Gasteiger partial charge in [-0.15, -0.1) is 0 Å². The number of rotatable bonds is 5. The Balaban J connectivity index is 2.06. The number of anilines is 2. The van der Waals surface area contributed by atoms with Crippen LogP contribution >= 0.6 is 31.9 Å². The predicted molar refractivity (Wildman–Crippen MR) is 112 cm³/mol. The molecule has 1 N–H and O–H groups in total. The quantitative estimate of drug-likeness (QED) is 0.602. The summed E-state index contributed by atoms with van der Waals surface area (Å²) in [6, 6.07) is 9.70. The third-order valence-corrected chi connectivity index (χ3v) is 6.56. The maximum Gasteiger partial charge on any atom is 0.253 e. The highest BCUT2D eigenvalue weighted by atomic mass is 79.9. The molecule has 0 saturated heterocycles. The number of carbonyl (C=O) groups is 2. The van der Waals surface area contributed by atoms with Gasteiger partial charge in [-0.25, -0.2) is 5.01 Å². The standard InChI is InChI=1S/C20H20Br2N2O2/c1-4-13(25)10-15-14-8-9-17(22)12(3)19(14)24(20(15)26)23-18-7-5-6-16(21)11(18)2/h5-9,15,23H,4,10H2,1-3H3. The van der Waals surface area contributed by atoms with E-state index in [4.69, 9.17) is 0 Å². The van der Waals surface area contributed by atoms with Crippen molar-refractivity contribution in [3.63, 3.8) is 0 Å². The molecular weight excluding hydrogens is 460 g/mol. The molecular formula is C20H20Br2N2O2. The smallest absolute Gasteiger partial charge is 0.253 e. The highest BCUT2D eigenvalue weighted by Crippen LogP contribution is 2.44. The van der Waals surface area contributed by atoms with Crippen LogP contribution in [0.25, 0.3) is 0 Å². The van der Waals surface area contributed by atoms with Crippen LogP contribution in [0.3, 0.4) is 0 Å². The van der Waals surface area contributed by atoms with Crippen LogP contribution in [0, 0.1) is 13.8 Å². The predicted octanol–water partition coefficient (Wildman–Crippen LogP) is 5.65. The molecule has 0 aliphatic carbocycles. The maximum atomic E-state index is 13.2. The van der Waals surface area contributed by atoms with Gasteiger partial charge in [0.25, 0.3) is 5.91 Å². The second kappa shape index (κ2) is 7.53. The molecule has 136 valence electrons. The minimum Gasteiger partial charge on any atom is -0.300 e. The van der Waals surface area contributed by atoms with Gasteiger partial charge in [0.05, 0.1) is 17.3 Å². The number of carbonyl (C=O) groups excluding carboxylic acids is 2. The molecule has 1 heterocycles. The lowest BCUT2D eigenvalue weighted by Gasteiger charge is -2.23. The van der Waals surface area contributed by atoms with Gasteiger partial charge in [0.1, 0.15) is 5.78 Å². The van der Waals surface area contributed by atoms with Crippen LogP contribution < -0.4 is 10.4 Å². The largest absolute Gasteiger partial charge is 0.300 e. The number of hydrogen-bond donors (Lipinski definition) is 1. The van der Waals surface area contributed by atoms with E-state index in [-0.39, 0.29) is 18.1 Å². The van der Waals surface area contributed by atoms with E-state index < -0.39 is 5.92 Å². The molecule has 1 unspecified atom stereocenters. The first-order valence-corrected chi connectivity index (χ1v) is 10.1. The minimum absolute atomic E-state index is 0.0929. The van der Waals surface area contributed by atoms with Gasteiger partial charge in [-0.2, -0.15) is 0 Å². The van der Waals surface area contributed by atoms with Gasteiger partial charge in [-0.05, 0) is 48.7 Å². The molecule has 1 amide bonds. The second-order valence-corrected chi connectivity index (χ2v) is 8.17. The zero-order valence-electron chi connectivity index (χ0n) is 14.9. The van der Waals surface area contributed by atoms with Crippen molar-refractivity contribution in [3.05, 3.63) is 56.0 Å². The molecule has 0 radical (unpaired) electrons. The number of Topliss-reactive ketones (excluding diaryl/α,β-unsaturated/α-hetero) is 1. The minimum atomic E-state index is -0.441. The van der Waals surface area contributed by atoms with Gasteiger partial charge >= 0.3 is 0 Å². The number of fused-ring (bicyclic) bond motifs is 1. The SMILES string of the molecule is CCC(=O)CC1C(=O)N(Nc2cccc(Br)c2C)c2c1ccc(Br)c2C. The molecule has 0 aromatic heterocycles. The maximum absolute atomic E-state index is 13.2. The summed E-state index contributed by atoms with van der Waals surface area (Å²) in [5.41, 5.74) is 7.84. The summed E-state index contributed by atoms with van der Waals surface area (Å²) in [6.07, 6.45) is 0.672. The fourth-order valence-electron chi connectivity index (χ4n) is 3.20. The number of ketones is 1. The lowest BCUT2D eigenvalue weighted by molar-refractivity contribution is -0.124. The summed E-state index contributed by atoms with van der Waals surface area (Å²) in [5, 5.41) is 1.60. The highest BCUT2D eigenvalue weighted by Gasteiger charge is 2.40. The van der Waals surface area contributed by atoms with Crippen LogP contribution in [-0.4, -0.2) is 11.7 Å². The molecule has 2 aromatic carbocycles. The molecule has 0 saturated carbocycles. The lowest BCUT2D eigenvalue weighted by atomic mass is 9.93. The van der Waals surface area contributed by atoms with E-state index in [1.54, 1.807) is 5.01 Å². The first kappa shape index (κ1) is 19.1. The van der Waals surface area contributed by atoms with Crippen molar-refractivity contribution in [2.75, 3.05) is 10.4 Å². The molecule has 0 spiro atoms. The lowest BCUT2D eigenvalue weighted by Crippen LogP contribution is -2.35. The Morgan fingerprint density at radius 1 is 1.12 bits per heavy atom. The molecule has 1 aliphatic heterocycles. The highest BCUT2D eigenvalue weighted by molar-refractivity contribution is 9.10. The monoisotopic (exact) mass is 478 g/mol. The van der Waals surface area contributed by atoms with Gasteiger partial charge in [0.2, 0.25) is 0 Å². The molecule has 4 nitrogen and oxygen atoms in total. The Labute approximate surface area is 170 Å². The van der Waals surface area contributed by atoms with Crippen molar-refractivity contribution in [2.24, 2.45) is 0 Å². The summed E-state index contributed by atoms with van der Waals surface area (Å²) < 4.78 is 1.90. The molecule has 2 aromatic rings. The van der Waals surface area contributed by atoms with Gasteiger partial charge in [-0.3, -0.25) is 15.0 Å². The van der Waals surface area contributed by atoms with E-state index in [2.05, 4.69) is 37.3 Å². The second-order valence-electron chi connectivity index (χ2n) is 6.46. The molecule has 3 rings (SSSR count). The van der Waals surface area contributed by atoms with Crippen LogP contribution in [0.1, 0.15) is 42.4 Å². The number of halogens is 2. The first-order chi connectivity index (χ1) is 12.3. The van der Waals surface area contributed by atoms with Crippen LogP contribution in [0.4, 0.5) is 11.4 Å². The number of hydrazine groups is 1. The Kier molecular flexibility index (Phi) is 5.53. The zero-order chi connectivity index (χ0) is 19.0. The van der Waals surface area contributed by atoms with Crippen LogP contribution in [-0.2, 0) is 9.59 Å². The van der Waals surface area contributed by atoms with Crippen LogP contribution in [0.2, 0.25) is 0 Å². The van der Waals surface area contributed by atoms with Gasteiger partial charge in [-0.1, -0.05) is 50.9 Å². The normalized spacial score (nSPS) is 16.0. The Morgan fingerprint density at radius 3 is 2.50 bits per heavy atom. The van der Waals surface area contributed by atoms with Crippen molar-refractivity contribution in [3.8, 4) is 0 Å². The van der Waals surface area contributed by atoms with E-state index in [1.807, 2.05) is 51.1 Å². The number of nitrogens with one attached hydrogen (secondary N) is 1. The molecule has 0 fully saturated rings. The summed E-state index contributed by atoms with van der Waals surface area (Å²) >= 11 is 7.08. The number of nitrogens with zero attached hydrogens (tertiary/aromatic N) is 1. The third-order valence-electron chi connectivity index (χ3n) is 4.84. The van der Waals surface area contributed by atoms with Gasteiger partial charge in [0, 0.05) is 21.8 Å². The topological polar surface area (TPSA) is 49.4 Å². The summed E-state index contributed by atoms with van der Waals surface area (Å²) in [6.45, 7) is 5.79. The third kappa shape index (κ3) is 3.32. The van der Waals surface area contributed by atoms with Gasteiger partial charge < -0.3 is 0 Å². The number of amides is 1. The average Bonchev–Trinajstić information content (AvgIpc) is 2.88. The number of benzene rings is 2. The fourth-order valence-corrected chi connectivity index (χ4v) is 3.89.